The number of nitrogens with one attached hydrogen (secondary N) is 1. The van der Waals surface area contributed by atoms with Crippen molar-refractivity contribution in [3.8, 4) is 0 Å². The average Bonchev–Trinajstić information content (AvgIpc) is 2.84. The Kier molecular flexibility index (Phi) is 4.14. The van der Waals surface area contributed by atoms with Gasteiger partial charge in [0.2, 0.25) is 11.8 Å². The van der Waals surface area contributed by atoms with Gasteiger partial charge in [-0.05, 0) is 17.5 Å². The lowest BCUT2D eigenvalue weighted by atomic mass is 9.93. The van der Waals surface area contributed by atoms with Crippen LogP contribution in [0.3, 0.4) is 0 Å². The quantitative estimate of drug-likeness (QED) is 0.840. The van der Waals surface area contributed by atoms with Gasteiger partial charge in [-0.15, -0.1) is 0 Å². The molecule has 1 aromatic carbocycles. The van der Waals surface area contributed by atoms with E-state index in [1.807, 2.05) is 24.3 Å². The zero-order chi connectivity index (χ0) is 16.6. The molecule has 124 valence electrons. The standard InChI is InChI=1S/C16H20N2O4S/c1-11(19)18-9-13-5-3-2-4-12(13)8-15(18)16(20)17-14-6-7-23(21,22)10-14/h2-5,14-15H,6-10H2,1H3,(H,17,20)/t14?,15-/m1/s1. The number of benzene rings is 1. The number of carbonyl (C=O) groups is 2. The third-order valence-corrected chi connectivity index (χ3v) is 6.30. The number of hydrogen-bond donors (Lipinski definition) is 1. The van der Waals surface area contributed by atoms with Crippen molar-refractivity contribution in [1.29, 1.82) is 0 Å². The number of hydrogen-bond acceptors (Lipinski definition) is 4. The molecule has 0 aromatic heterocycles. The van der Waals surface area contributed by atoms with E-state index in [1.54, 1.807) is 4.90 Å². The molecule has 2 atom stereocenters. The molecule has 7 heteroatoms. The summed E-state index contributed by atoms with van der Waals surface area (Å²) in [5.41, 5.74) is 2.11. The van der Waals surface area contributed by atoms with E-state index in [9.17, 15) is 18.0 Å². The van der Waals surface area contributed by atoms with Crippen molar-refractivity contribution in [3.05, 3.63) is 35.4 Å². The van der Waals surface area contributed by atoms with E-state index in [1.165, 1.54) is 6.92 Å². The fourth-order valence-corrected chi connectivity index (χ4v) is 4.97. The Morgan fingerprint density at radius 3 is 2.52 bits per heavy atom. The zero-order valence-corrected chi connectivity index (χ0v) is 13.8. The number of fused-ring (bicyclic) bond motifs is 1. The van der Waals surface area contributed by atoms with Gasteiger partial charge in [0, 0.05) is 25.9 Å². The molecule has 0 aliphatic carbocycles. The predicted molar refractivity (Wildman–Crippen MR) is 85.4 cm³/mol. The van der Waals surface area contributed by atoms with Crippen molar-refractivity contribution in [2.24, 2.45) is 0 Å². The molecule has 0 bridgehead atoms. The van der Waals surface area contributed by atoms with Crippen LogP contribution in [0, 0.1) is 0 Å². The van der Waals surface area contributed by atoms with E-state index in [0.29, 0.717) is 19.4 Å². The molecule has 0 spiro atoms. The Balaban J connectivity index is 1.77. The maximum Gasteiger partial charge on any atom is 0.243 e. The summed E-state index contributed by atoms with van der Waals surface area (Å²) in [5.74, 6) is -0.320. The second kappa shape index (κ2) is 5.96. The first-order valence-corrected chi connectivity index (χ1v) is 9.52. The first-order valence-electron chi connectivity index (χ1n) is 7.70. The summed E-state index contributed by atoms with van der Waals surface area (Å²) >= 11 is 0. The molecular formula is C16H20N2O4S. The fourth-order valence-electron chi connectivity index (χ4n) is 3.29. The second-order valence-electron chi connectivity index (χ2n) is 6.24. The summed E-state index contributed by atoms with van der Waals surface area (Å²) in [5, 5.41) is 2.81. The van der Waals surface area contributed by atoms with E-state index >= 15 is 0 Å². The molecule has 2 aliphatic heterocycles. The van der Waals surface area contributed by atoms with Crippen LogP contribution in [0.25, 0.3) is 0 Å². The van der Waals surface area contributed by atoms with Crippen LogP contribution < -0.4 is 5.32 Å². The summed E-state index contributed by atoms with van der Waals surface area (Å²) in [4.78, 5) is 26.1. The molecule has 0 radical (unpaired) electrons. The minimum atomic E-state index is -3.05. The molecule has 2 heterocycles. The molecular weight excluding hydrogens is 316 g/mol. The summed E-state index contributed by atoms with van der Waals surface area (Å²) in [7, 11) is -3.05. The van der Waals surface area contributed by atoms with Crippen LogP contribution in [-0.4, -0.2) is 48.7 Å². The molecule has 1 N–H and O–H groups in total. The van der Waals surface area contributed by atoms with Gasteiger partial charge >= 0.3 is 0 Å². The van der Waals surface area contributed by atoms with E-state index in [-0.39, 0.29) is 29.4 Å². The van der Waals surface area contributed by atoms with Gasteiger partial charge in [-0.25, -0.2) is 8.42 Å². The lowest BCUT2D eigenvalue weighted by molar-refractivity contribution is -0.140. The topological polar surface area (TPSA) is 83.6 Å². The van der Waals surface area contributed by atoms with Gasteiger partial charge in [-0.2, -0.15) is 0 Å². The Bertz CT molecular complexity index is 744. The fraction of sp³-hybridized carbons (Fsp3) is 0.500. The molecule has 1 unspecified atom stereocenters. The molecule has 2 amide bonds. The minimum absolute atomic E-state index is 0.0118. The van der Waals surface area contributed by atoms with Gasteiger partial charge in [0.05, 0.1) is 11.5 Å². The smallest absolute Gasteiger partial charge is 0.243 e. The molecule has 1 saturated heterocycles. The van der Waals surface area contributed by atoms with Crippen LogP contribution in [0.2, 0.25) is 0 Å². The van der Waals surface area contributed by atoms with Crippen LogP contribution >= 0.6 is 0 Å². The van der Waals surface area contributed by atoms with Gasteiger partial charge in [-0.1, -0.05) is 24.3 Å². The number of sulfone groups is 1. The average molecular weight is 336 g/mol. The van der Waals surface area contributed by atoms with Crippen LogP contribution in [-0.2, 0) is 32.4 Å². The summed E-state index contributed by atoms with van der Waals surface area (Å²) in [6.45, 7) is 1.86. The van der Waals surface area contributed by atoms with Crippen LogP contribution in [0.15, 0.2) is 24.3 Å². The Morgan fingerprint density at radius 1 is 1.22 bits per heavy atom. The summed E-state index contributed by atoms with van der Waals surface area (Å²) in [6.07, 6.45) is 0.901. The first kappa shape index (κ1) is 16.0. The molecule has 6 nitrogen and oxygen atoms in total. The van der Waals surface area contributed by atoms with Gasteiger partial charge < -0.3 is 10.2 Å². The highest BCUT2D eigenvalue weighted by Crippen LogP contribution is 2.24. The maximum atomic E-state index is 12.6. The van der Waals surface area contributed by atoms with Crippen molar-refractivity contribution in [2.75, 3.05) is 11.5 Å². The Hall–Kier alpha value is -1.89. The minimum Gasteiger partial charge on any atom is -0.351 e. The van der Waals surface area contributed by atoms with Crippen molar-refractivity contribution in [2.45, 2.75) is 38.4 Å². The molecule has 2 aliphatic rings. The van der Waals surface area contributed by atoms with Crippen molar-refractivity contribution < 1.29 is 18.0 Å². The zero-order valence-electron chi connectivity index (χ0n) is 13.0. The summed E-state index contributed by atoms with van der Waals surface area (Å²) in [6, 6.07) is 6.83. The molecule has 1 fully saturated rings. The van der Waals surface area contributed by atoms with E-state index in [0.717, 1.165) is 11.1 Å². The molecule has 0 saturated carbocycles. The van der Waals surface area contributed by atoms with Crippen molar-refractivity contribution in [1.82, 2.24) is 10.2 Å². The third-order valence-electron chi connectivity index (χ3n) is 4.53. The summed E-state index contributed by atoms with van der Waals surface area (Å²) < 4.78 is 23.0. The lowest BCUT2D eigenvalue weighted by Gasteiger charge is -2.35. The van der Waals surface area contributed by atoms with Crippen LogP contribution in [0.5, 0.6) is 0 Å². The number of nitrogens with zero attached hydrogens (tertiary/aromatic N) is 1. The number of rotatable bonds is 2. The van der Waals surface area contributed by atoms with Crippen LogP contribution in [0.4, 0.5) is 0 Å². The highest BCUT2D eigenvalue weighted by molar-refractivity contribution is 7.91. The lowest BCUT2D eigenvalue weighted by Crippen LogP contribution is -2.54. The van der Waals surface area contributed by atoms with Crippen LogP contribution in [0.1, 0.15) is 24.5 Å². The molecule has 3 rings (SSSR count). The highest BCUT2D eigenvalue weighted by Gasteiger charge is 2.36. The highest BCUT2D eigenvalue weighted by atomic mass is 32.2. The SMILES string of the molecule is CC(=O)N1Cc2ccccc2C[C@@H]1C(=O)NC1CCS(=O)(=O)C1. The molecule has 1 aromatic rings. The van der Waals surface area contributed by atoms with E-state index in [2.05, 4.69) is 5.32 Å². The Labute approximate surface area is 135 Å². The predicted octanol–water partition coefficient (Wildman–Crippen LogP) is 0.263. The number of amides is 2. The van der Waals surface area contributed by atoms with Gasteiger partial charge in [0.15, 0.2) is 9.84 Å². The number of carbonyl (C=O) groups excluding carboxylic acids is 2. The first-order chi connectivity index (χ1) is 10.9. The van der Waals surface area contributed by atoms with Gasteiger partial charge in [0.25, 0.3) is 0 Å². The van der Waals surface area contributed by atoms with E-state index < -0.39 is 15.9 Å². The van der Waals surface area contributed by atoms with Crippen molar-refractivity contribution in [3.63, 3.8) is 0 Å². The van der Waals surface area contributed by atoms with E-state index in [4.69, 9.17) is 0 Å². The molecule has 23 heavy (non-hydrogen) atoms. The second-order valence-corrected chi connectivity index (χ2v) is 8.47. The maximum absolute atomic E-state index is 12.6. The monoisotopic (exact) mass is 336 g/mol. The third kappa shape index (κ3) is 3.39. The largest absolute Gasteiger partial charge is 0.351 e. The Morgan fingerprint density at radius 2 is 1.91 bits per heavy atom. The normalized spacial score (nSPS) is 25.7. The van der Waals surface area contributed by atoms with Crippen molar-refractivity contribution >= 4 is 21.7 Å². The van der Waals surface area contributed by atoms with Gasteiger partial charge in [0.1, 0.15) is 6.04 Å². The van der Waals surface area contributed by atoms with Gasteiger partial charge in [-0.3, -0.25) is 9.59 Å².